The van der Waals surface area contributed by atoms with Gasteiger partial charge in [0, 0.05) is 6.42 Å². The summed E-state index contributed by atoms with van der Waals surface area (Å²) >= 11 is 0. The summed E-state index contributed by atoms with van der Waals surface area (Å²) in [4.78, 5) is 9.90. The van der Waals surface area contributed by atoms with Crippen molar-refractivity contribution in [2.75, 3.05) is 0 Å². The first kappa shape index (κ1) is 12.7. The Hall–Kier alpha value is 1.04. The summed E-state index contributed by atoms with van der Waals surface area (Å²) in [5.41, 5.74) is 0. The van der Waals surface area contributed by atoms with Gasteiger partial charge in [-0.15, -0.1) is 0 Å². The van der Waals surface area contributed by atoms with E-state index in [9.17, 15) is 4.79 Å². The summed E-state index contributed by atoms with van der Waals surface area (Å²) in [7, 11) is 0. The molecule has 0 aromatic heterocycles. The van der Waals surface area contributed by atoms with E-state index in [-0.39, 0.29) is 48.9 Å². The number of carboxylic acids is 1. The molecule has 3 heteroatoms. The summed E-state index contributed by atoms with van der Waals surface area (Å²) in [5.74, 6) is -0.190. The fraction of sp³-hybridized carbons (Fsp3) is 0.833. The van der Waals surface area contributed by atoms with Crippen LogP contribution in [-0.4, -0.2) is 60.0 Å². The fourth-order valence-corrected chi connectivity index (χ4v) is 0.412. The first-order valence-corrected chi connectivity index (χ1v) is 2.84. The molecule has 9 heavy (non-hydrogen) atoms. The van der Waals surface area contributed by atoms with Crippen LogP contribution in [0.15, 0.2) is 0 Å². The molecule has 0 atom stereocenters. The van der Waals surface area contributed by atoms with Gasteiger partial charge in [-0.05, 0) is 12.3 Å². The molecule has 0 aromatic rings. The van der Waals surface area contributed by atoms with Crippen LogP contribution in [0.1, 0.15) is 26.7 Å². The second kappa shape index (κ2) is 7.15. The molecule has 52 valence electrons. The predicted octanol–water partition coefficient (Wildman–Crippen LogP) is 0.591. The van der Waals surface area contributed by atoms with Crippen molar-refractivity contribution in [2.24, 2.45) is 5.92 Å². The van der Waals surface area contributed by atoms with Crippen molar-refractivity contribution < 1.29 is 9.90 Å². The number of rotatable bonds is 3. The van der Waals surface area contributed by atoms with Gasteiger partial charge in [-0.25, -0.2) is 0 Å². The Morgan fingerprint density at radius 2 is 2.00 bits per heavy atom. The molecule has 0 heterocycles. The first-order valence-electron chi connectivity index (χ1n) is 2.84. The van der Waals surface area contributed by atoms with E-state index in [1.165, 1.54) is 0 Å². The summed E-state index contributed by atoms with van der Waals surface area (Å²) in [5, 5.41) is 8.16. The van der Waals surface area contributed by atoms with Crippen LogP contribution in [0.4, 0.5) is 0 Å². The third kappa shape index (κ3) is 12.3. The summed E-state index contributed by atoms with van der Waals surface area (Å²) < 4.78 is 0. The van der Waals surface area contributed by atoms with Gasteiger partial charge in [0.05, 0.1) is 0 Å². The number of aliphatic carboxylic acids is 1. The molecule has 0 aliphatic rings. The van der Waals surface area contributed by atoms with Crippen LogP contribution in [0.2, 0.25) is 0 Å². The quantitative estimate of drug-likeness (QED) is 0.750. The van der Waals surface area contributed by atoms with E-state index >= 15 is 0 Å². The van der Waals surface area contributed by atoms with Gasteiger partial charge in [-0.3, -0.25) is 4.79 Å². The monoisotopic (exact) mass is 256 g/mol. The zero-order valence-corrected chi connectivity index (χ0v) is 5.35. The average Bonchev–Trinajstić information content (AvgIpc) is 1.61. The van der Waals surface area contributed by atoms with Gasteiger partial charge in [0.15, 0.2) is 0 Å². The molecule has 0 saturated carbocycles. The number of hydrogen-bond donors (Lipinski definition) is 1. The molecule has 0 aliphatic carbocycles. The molecule has 0 unspecified atom stereocenters. The topological polar surface area (TPSA) is 37.3 Å². The van der Waals surface area contributed by atoms with Crippen molar-refractivity contribution >= 4 is 54.9 Å². The van der Waals surface area contributed by atoms with Crippen molar-refractivity contribution in [1.82, 2.24) is 0 Å². The molecule has 0 aromatic carbocycles. The molecule has 0 fully saturated rings. The van der Waals surface area contributed by atoms with Crippen molar-refractivity contribution in [1.29, 1.82) is 0 Å². The van der Waals surface area contributed by atoms with Crippen LogP contribution in [-0.2, 0) is 4.79 Å². The van der Waals surface area contributed by atoms with E-state index in [1.807, 2.05) is 13.8 Å². The molecule has 0 saturated heterocycles. The Balaban J connectivity index is 0. The molecule has 2 nitrogen and oxygen atoms in total. The van der Waals surface area contributed by atoms with Crippen LogP contribution in [0.3, 0.4) is 0 Å². The van der Waals surface area contributed by atoms with Crippen LogP contribution in [0.5, 0.6) is 0 Å². The summed E-state index contributed by atoms with van der Waals surface area (Å²) in [6.45, 7) is 4.03. The zero-order chi connectivity index (χ0) is 6.57. The Morgan fingerprint density at radius 3 is 2.11 bits per heavy atom. The number of carbonyl (C=O) groups is 1. The summed E-state index contributed by atoms with van der Waals surface area (Å²) in [6, 6.07) is 0. The van der Waals surface area contributed by atoms with Crippen LogP contribution in [0, 0.1) is 5.92 Å². The van der Waals surface area contributed by atoms with E-state index in [0.29, 0.717) is 12.3 Å². The Kier molecular flexibility index (Phi) is 10.1. The third-order valence-corrected chi connectivity index (χ3v) is 0.936. The van der Waals surface area contributed by atoms with Gasteiger partial charge in [0.2, 0.25) is 0 Å². The molecule has 0 bridgehead atoms. The Bertz CT molecular complexity index is 81.1. The van der Waals surface area contributed by atoms with Crippen molar-refractivity contribution in [3.63, 3.8) is 0 Å². The molecule has 0 spiro atoms. The molecule has 0 amide bonds. The zero-order valence-electron chi connectivity index (χ0n) is 5.35. The minimum absolute atomic E-state index is 0. The van der Waals surface area contributed by atoms with Gasteiger partial charge >= 0.3 is 54.9 Å². The Morgan fingerprint density at radius 1 is 1.56 bits per heavy atom. The maximum absolute atomic E-state index is 9.90. The third-order valence-electron chi connectivity index (χ3n) is 0.936. The van der Waals surface area contributed by atoms with E-state index in [2.05, 4.69) is 0 Å². The van der Waals surface area contributed by atoms with Crippen LogP contribution < -0.4 is 0 Å². The van der Waals surface area contributed by atoms with Gasteiger partial charge in [0.25, 0.3) is 0 Å². The average molecular weight is 256 g/mol. The summed E-state index contributed by atoms with van der Waals surface area (Å²) in [6.07, 6.45) is 1.09. The van der Waals surface area contributed by atoms with Gasteiger partial charge in [-0.1, -0.05) is 13.8 Å². The Labute approximate surface area is 96.1 Å². The van der Waals surface area contributed by atoms with Crippen molar-refractivity contribution in [2.45, 2.75) is 26.7 Å². The van der Waals surface area contributed by atoms with E-state index < -0.39 is 5.97 Å². The molecule has 1 N–H and O–H groups in total. The molecule has 0 radical (unpaired) electrons. The van der Waals surface area contributed by atoms with Crippen molar-refractivity contribution in [3.05, 3.63) is 0 Å². The molecule has 0 rings (SSSR count). The van der Waals surface area contributed by atoms with Gasteiger partial charge < -0.3 is 5.11 Å². The molecule has 0 aliphatic heterocycles. The van der Waals surface area contributed by atoms with Crippen LogP contribution >= 0.6 is 0 Å². The van der Waals surface area contributed by atoms with E-state index in [0.717, 1.165) is 6.42 Å². The first-order chi connectivity index (χ1) is 3.63. The van der Waals surface area contributed by atoms with Crippen molar-refractivity contribution in [3.8, 4) is 0 Å². The predicted molar refractivity (Wildman–Crippen MR) is 40.3 cm³/mol. The number of hydrogen-bond acceptors (Lipinski definition) is 1. The molecular weight excluding hydrogens is 241 g/mol. The molecular formula is C6H14BaO2. The van der Waals surface area contributed by atoms with Gasteiger partial charge in [-0.2, -0.15) is 0 Å². The minimum atomic E-state index is -0.696. The fourth-order valence-electron chi connectivity index (χ4n) is 0.412. The second-order valence-electron chi connectivity index (χ2n) is 2.33. The van der Waals surface area contributed by atoms with E-state index in [4.69, 9.17) is 5.11 Å². The van der Waals surface area contributed by atoms with Gasteiger partial charge in [0.1, 0.15) is 0 Å². The van der Waals surface area contributed by atoms with Crippen LogP contribution in [0.25, 0.3) is 0 Å². The maximum atomic E-state index is 9.90. The van der Waals surface area contributed by atoms with E-state index in [1.54, 1.807) is 0 Å². The normalized spacial score (nSPS) is 8.78. The number of carboxylic acid groups (broad SMARTS) is 1. The standard InChI is InChI=1S/C6H12O2.Ba.2H/c1-5(2)3-4-6(7)8;;;/h5H,3-4H2,1-2H3,(H,7,8);;;. The SMILES string of the molecule is CC(C)CCC(=O)O.[BaH2]. The second-order valence-corrected chi connectivity index (χ2v) is 2.33.